The van der Waals surface area contributed by atoms with E-state index in [1.165, 1.54) is 5.57 Å². The van der Waals surface area contributed by atoms with Gasteiger partial charge < -0.3 is 19.7 Å². The second kappa shape index (κ2) is 10.1. The summed E-state index contributed by atoms with van der Waals surface area (Å²) < 4.78 is 21.7. The minimum absolute atomic E-state index is 0.132. The Morgan fingerprint density at radius 3 is 2.69 bits per heavy atom. The molecule has 0 aliphatic carbocycles. The van der Waals surface area contributed by atoms with Gasteiger partial charge in [-0.1, -0.05) is 31.6 Å². The van der Waals surface area contributed by atoms with Crippen LogP contribution >= 0.6 is 0 Å². The van der Waals surface area contributed by atoms with Crippen LogP contribution in [-0.2, 0) is 4.79 Å². The number of halogens is 1. The number of amides is 1. The molecule has 4 rings (SSSR count). The van der Waals surface area contributed by atoms with Crippen molar-refractivity contribution >= 4 is 22.6 Å². The molecule has 192 valence electrons. The van der Waals surface area contributed by atoms with E-state index in [4.69, 9.17) is 4.42 Å². The van der Waals surface area contributed by atoms with E-state index in [9.17, 15) is 9.90 Å². The summed E-state index contributed by atoms with van der Waals surface area (Å²) in [4.78, 5) is 20.1. The summed E-state index contributed by atoms with van der Waals surface area (Å²) in [6, 6.07) is 6.29. The lowest BCUT2D eigenvalue weighted by atomic mass is 9.84. The molecule has 0 saturated heterocycles. The van der Waals surface area contributed by atoms with E-state index in [-0.39, 0.29) is 17.6 Å². The summed E-state index contributed by atoms with van der Waals surface area (Å²) in [6.45, 7) is 11.8. The van der Waals surface area contributed by atoms with Gasteiger partial charge >= 0.3 is 0 Å². The topological polar surface area (TPSA) is 78.1 Å². The van der Waals surface area contributed by atoms with Crippen molar-refractivity contribution in [3.05, 3.63) is 70.7 Å². The number of furan rings is 1. The van der Waals surface area contributed by atoms with Crippen LogP contribution in [0.4, 0.5) is 4.39 Å². The van der Waals surface area contributed by atoms with Crippen LogP contribution in [0.15, 0.2) is 68.5 Å². The third-order valence-electron chi connectivity index (χ3n) is 7.25. The first-order valence-corrected chi connectivity index (χ1v) is 12.7. The van der Waals surface area contributed by atoms with Gasteiger partial charge in [0.1, 0.15) is 11.6 Å². The van der Waals surface area contributed by atoms with Crippen LogP contribution in [-0.4, -0.2) is 33.8 Å². The maximum Gasteiger partial charge on any atom is 0.252 e. The minimum Gasteiger partial charge on any atom is -0.455 e. The Bertz CT molecular complexity index is 1290. The van der Waals surface area contributed by atoms with Crippen molar-refractivity contribution in [3.8, 4) is 0 Å². The second-order valence-electron chi connectivity index (χ2n) is 10.2. The van der Waals surface area contributed by atoms with E-state index in [0.29, 0.717) is 41.6 Å². The molecule has 1 aromatic carbocycles. The van der Waals surface area contributed by atoms with Gasteiger partial charge in [0.05, 0.1) is 16.7 Å². The Labute approximate surface area is 212 Å². The standard InChI is InChI=1S/C29H36FN3O3/c1-7-17(3)15-31-22-13-14-33(28(34)21-16-32-27(19(21)8-2)29(5,6)35)25(18(22)4)26-24(30)20-11-9-10-12-23(20)36-26/h9-12,15-16,19,25,31,35H,7-8,13-14H2,1-6H3. The fourth-order valence-electron chi connectivity index (χ4n) is 5.06. The highest BCUT2D eigenvalue weighted by molar-refractivity contribution is 6.08. The fourth-order valence-corrected chi connectivity index (χ4v) is 5.06. The SMILES string of the molecule is CCC(C)=CNC1=C(C)C(c2oc3ccccc3c2F)N(C(=O)C2=CN=C(C(C)(C)O)C2CC)CC1. The Kier molecular flexibility index (Phi) is 7.23. The summed E-state index contributed by atoms with van der Waals surface area (Å²) in [7, 11) is 0. The number of para-hydroxylation sites is 1. The van der Waals surface area contributed by atoms with Crippen molar-refractivity contribution < 1.29 is 18.7 Å². The normalized spacial score (nSPS) is 21.2. The van der Waals surface area contributed by atoms with Crippen LogP contribution in [0.3, 0.4) is 0 Å². The predicted octanol–water partition coefficient (Wildman–Crippen LogP) is 6.16. The zero-order chi connectivity index (χ0) is 26.2. The molecule has 7 heteroatoms. The van der Waals surface area contributed by atoms with Crippen molar-refractivity contribution in [1.82, 2.24) is 10.2 Å². The zero-order valence-electron chi connectivity index (χ0n) is 22.0. The Morgan fingerprint density at radius 1 is 1.33 bits per heavy atom. The molecule has 0 fully saturated rings. The first kappa shape index (κ1) is 25.9. The molecule has 1 amide bonds. The lowest BCUT2D eigenvalue weighted by Crippen LogP contribution is -2.44. The number of hydrogen-bond acceptors (Lipinski definition) is 5. The number of rotatable bonds is 7. The van der Waals surface area contributed by atoms with Crippen molar-refractivity contribution in [3.63, 3.8) is 0 Å². The third-order valence-corrected chi connectivity index (χ3v) is 7.25. The van der Waals surface area contributed by atoms with E-state index in [2.05, 4.69) is 24.2 Å². The van der Waals surface area contributed by atoms with Gasteiger partial charge in [0.2, 0.25) is 0 Å². The van der Waals surface area contributed by atoms with Crippen LogP contribution in [0.1, 0.15) is 72.6 Å². The number of allylic oxidation sites excluding steroid dienone is 1. The molecular weight excluding hydrogens is 457 g/mol. The van der Waals surface area contributed by atoms with E-state index in [0.717, 1.165) is 17.7 Å². The van der Waals surface area contributed by atoms with Gasteiger partial charge in [-0.3, -0.25) is 9.79 Å². The van der Waals surface area contributed by atoms with Crippen molar-refractivity contribution in [1.29, 1.82) is 0 Å². The lowest BCUT2D eigenvalue weighted by Gasteiger charge is -2.38. The Morgan fingerprint density at radius 2 is 2.06 bits per heavy atom. The summed E-state index contributed by atoms with van der Waals surface area (Å²) in [6.07, 6.45) is 5.68. The lowest BCUT2D eigenvalue weighted by molar-refractivity contribution is -0.130. The molecule has 2 atom stereocenters. The second-order valence-corrected chi connectivity index (χ2v) is 10.2. The average molecular weight is 494 g/mol. The summed E-state index contributed by atoms with van der Waals surface area (Å²) in [5, 5.41) is 14.4. The molecular formula is C29H36FN3O3. The van der Waals surface area contributed by atoms with E-state index in [1.807, 2.05) is 20.0 Å². The first-order valence-electron chi connectivity index (χ1n) is 12.7. The zero-order valence-corrected chi connectivity index (χ0v) is 22.0. The molecule has 0 saturated carbocycles. The van der Waals surface area contributed by atoms with Crippen LogP contribution in [0.25, 0.3) is 11.0 Å². The molecule has 0 bridgehead atoms. The van der Waals surface area contributed by atoms with Crippen molar-refractivity contribution in [2.45, 2.75) is 72.4 Å². The van der Waals surface area contributed by atoms with Crippen LogP contribution in [0, 0.1) is 11.7 Å². The molecule has 2 aliphatic rings. The number of aliphatic imine (C=N–C) groups is 1. The summed E-state index contributed by atoms with van der Waals surface area (Å²) in [5.74, 6) is -0.825. The number of nitrogens with zero attached hydrogens (tertiary/aromatic N) is 2. The molecule has 6 nitrogen and oxygen atoms in total. The van der Waals surface area contributed by atoms with Gasteiger partial charge in [-0.25, -0.2) is 4.39 Å². The predicted molar refractivity (Wildman–Crippen MR) is 141 cm³/mol. The summed E-state index contributed by atoms with van der Waals surface area (Å²) >= 11 is 0. The number of hydrogen-bond donors (Lipinski definition) is 2. The molecule has 2 N–H and O–H groups in total. The highest BCUT2D eigenvalue weighted by atomic mass is 19.1. The van der Waals surface area contributed by atoms with Gasteiger partial charge in [0.15, 0.2) is 11.6 Å². The van der Waals surface area contributed by atoms with Crippen molar-refractivity contribution in [2.75, 3.05) is 6.54 Å². The number of carbonyl (C=O) groups excluding carboxylic acids is 1. The largest absolute Gasteiger partial charge is 0.455 e. The monoisotopic (exact) mass is 493 g/mol. The molecule has 2 aromatic rings. The van der Waals surface area contributed by atoms with Gasteiger partial charge in [0, 0.05) is 36.4 Å². The number of aliphatic hydroxyl groups is 1. The highest BCUT2D eigenvalue weighted by Gasteiger charge is 2.42. The average Bonchev–Trinajstić information content (AvgIpc) is 3.44. The fraction of sp³-hybridized carbons (Fsp3) is 0.448. The maximum absolute atomic E-state index is 15.7. The molecule has 1 aromatic heterocycles. The quantitative estimate of drug-likeness (QED) is 0.484. The third kappa shape index (κ3) is 4.64. The van der Waals surface area contributed by atoms with E-state index in [1.54, 1.807) is 49.2 Å². The van der Waals surface area contributed by atoms with Crippen LogP contribution < -0.4 is 5.32 Å². The Hall–Kier alpha value is -3.19. The van der Waals surface area contributed by atoms with Gasteiger partial charge in [-0.05, 0) is 64.4 Å². The van der Waals surface area contributed by atoms with Crippen LogP contribution in [0.5, 0.6) is 0 Å². The Balaban J connectivity index is 1.77. The first-order chi connectivity index (χ1) is 17.1. The smallest absolute Gasteiger partial charge is 0.252 e. The maximum atomic E-state index is 15.7. The van der Waals surface area contributed by atoms with Crippen molar-refractivity contribution in [2.24, 2.45) is 10.9 Å². The molecule has 2 unspecified atom stereocenters. The summed E-state index contributed by atoms with van der Waals surface area (Å²) in [5.41, 5.74) is 3.39. The van der Waals surface area contributed by atoms with E-state index >= 15 is 4.39 Å². The van der Waals surface area contributed by atoms with Gasteiger partial charge in [-0.2, -0.15) is 0 Å². The van der Waals surface area contributed by atoms with Gasteiger partial charge in [-0.15, -0.1) is 0 Å². The highest BCUT2D eigenvalue weighted by Crippen LogP contribution is 2.41. The molecule has 36 heavy (non-hydrogen) atoms. The van der Waals surface area contributed by atoms with Crippen LogP contribution in [0.2, 0.25) is 0 Å². The molecule has 0 radical (unpaired) electrons. The number of nitrogens with one attached hydrogen (secondary N) is 1. The molecule has 3 heterocycles. The number of carbonyl (C=O) groups is 1. The van der Waals surface area contributed by atoms with E-state index < -0.39 is 17.5 Å². The number of benzene rings is 1. The van der Waals surface area contributed by atoms with Gasteiger partial charge in [0.25, 0.3) is 5.91 Å². The molecule has 0 spiro atoms. The number of fused-ring (bicyclic) bond motifs is 1. The molecule has 2 aliphatic heterocycles. The minimum atomic E-state index is -1.14.